The number of carbonyl (C=O) groups is 1. The molecule has 0 radical (unpaired) electrons. The quantitative estimate of drug-likeness (QED) is 0.361. The summed E-state index contributed by atoms with van der Waals surface area (Å²) in [6, 6.07) is 7.03. The Hall–Kier alpha value is -4.33. The Morgan fingerprint density at radius 3 is 2.74 bits per heavy atom. The molecule has 1 aliphatic heterocycles. The molecule has 1 N–H and O–H groups in total. The number of carbonyl (C=O) groups excluding carboxylic acids is 1. The fourth-order valence-corrected chi connectivity index (χ4v) is 4.38. The number of hydrogen-bond acceptors (Lipinski definition) is 8. The first-order valence-electron chi connectivity index (χ1n) is 12.3. The van der Waals surface area contributed by atoms with Gasteiger partial charge >= 0.3 is 0 Å². The minimum absolute atomic E-state index is 0.00534. The molecule has 0 bridgehead atoms. The molecule has 0 aromatic carbocycles. The summed E-state index contributed by atoms with van der Waals surface area (Å²) in [6.07, 6.45) is 6.43. The summed E-state index contributed by atoms with van der Waals surface area (Å²) < 4.78 is 17.7. The number of aliphatic hydroxyl groups excluding tert-OH is 1. The van der Waals surface area contributed by atoms with Crippen molar-refractivity contribution < 1.29 is 23.8 Å². The number of aliphatic hydroxyl groups is 1. The average molecular weight is 514 g/mol. The largest absolute Gasteiger partial charge is 0.500 e. The molecule has 194 valence electrons. The summed E-state index contributed by atoms with van der Waals surface area (Å²) in [6.45, 7) is 11.0. The van der Waals surface area contributed by atoms with E-state index in [9.17, 15) is 4.79 Å². The van der Waals surface area contributed by atoms with Crippen molar-refractivity contribution in [3.63, 3.8) is 0 Å². The number of ether oxygens (including phenoxy) is 2. The van der Waals surface area contributed by atoms with Crippen LogP contribution in [0.15, 0.2) is 47.3 Å². The van der Waals surface area contributed by atoms with Crippen LogP contribution in [0, 0.1) is 13.5 Å². The summed E-state index contributed by atoms with van der Waals surface area (Å²) in [7, 11) is 1.62. The number of nitrogens with zero attached hydrogens (tertiary/aromatic N) is 5. The lowest BCUT2D eigenvalue weighted by molar-refractivity contribution is 0.0258. The van der Waals surface area contributed by atoms with Crippen LogP contribution in [-0.2, 0) is 4.74 Å². The smallest absolute Gasteiger partial charge is 0.272 e. The van der Waals surface area contributed by atoms with Crippen molar-refractivity contribution in [1.82, 2.24) is 19.9 Å². The Morgan fingerprint density at radius 1 is 1.18 bits per heavy atom. The highest BCUT2D eigenvalue weighted by atomic mass is 16.5. The molecule has 4 aromatic heterocycles. The Kier molecular flexibility index (Phi) is 7.31. The lowest BCUT2D eigenvalue weighted by atomic mass is 10.1. The van der Waals surface area contributed by atoms with Gasteiger partial charge in [-0.1, -0.05) is 0 Å². The SMILES string of the molecule is [C-]#[N+]c1cc(-c2ccnc3cc(-c4cnc(C(=O)N(C)CCO)cc4C)oc23)ncc1OC1CCOCC1. The van der Waals surface area contributed by atoms with Crippen LogP contribution in [0.5, 0.6) is 5.75 Å². The van der Waals surface area contributed by atoms with Gasteiger partial charge in [0.2, 0.25) is 5.69 Å². The highest BCUT2D eigenvalue weighted by Gasteiger charge is 2.20. The fourth-order valence-electron chi connectivity index (χ4n) is 4.38. The van der Waals surface area contributed by atoms with Gasteiger partial charge in [0.15, 0.2) is 5.58 Å². The zero-order valence-corrected chi connectivity index (χ0v) is 21.2. The van der Waals surface area contributed by atoms with Gasteiger partial charge in [-0.2, -0.15) is 0 Å². The lowest BCUT2D eigenvalue weighted by Gasteiger charge is -2.23. The van der Waals surface area contributed by atoms with Crippen LogP contribution >= 0.6 is 0 Å². The molecule has 10 nitrogen and oxygen atoms in total. The monoisotopic (exact) mass is 513 g/mol. The molecule has 0 saturated carbocycles. The van der Waals surface area contributed by atoms with Crippen LogP contribution in [0.25, 0.3) is 38.5 Å². The van der Waals surface area contributed by atoms with E-state index in [1.54, 1.807) is 43.8 Å². The van der Waals surface area contributed by atoms with Crippen LogP contribution in [0.1, 0.15) is 28.9 Å². The average Bonchev–Trinajstić information content (AvgIpc) is 3.38. The van der Waals surface area contributed by atoms with Gasteiger partial charge in [0.25, 0.3) is 5.91 Å². The second-order valence-corrected chi connectivity index (χ2v) is 9.10. The van der Waals surface area contributed by atoms with Crippen molar-refractivity contribution in [1.29, 1.82) is 0 Å². The van der Waals surface area contributed by atoms with E-state index in [-0.39, 0.29) is 30.9 Å². The van der Waals surface area contributed by atoms with Gasteiger partial charge in [0.05, 0.1) is 38.3 Å². The normalized spacial score (nSPS) is 13.8. The Labute approximate surface area is 219 Å². The summed E-state index contributed by atoms with van der Waals surface area (Å²) >= 11 is 0. The molecule has 38 heavy (non-hydrogen) atoms. The Bertz CT molecular complexity index is 1520. The maximum Gasteiger partial charge on any atom is 0.272 e. The first-order valence-corrected chi connectivity index (χ1v) is 12.3. The minimum Gasteiger partial charge on any atom is -0.500 e. The maximum absolute atomic E-state index is 12.5. The van der Waals surface area contributed by atoms with Crippen LogP contribution in [-0.4, -0.2) is 70.4 Å². The van der Waals surface area contributed by atoms with Crippen molar-refractivity contribution in [2.45, 2.75) is 25.9 Å². The third-order valence-electron chi connectivity index (χ3n) is 6.49. The Morgan fingerprint density at radius 2 is 2.00 bits per heavy atom. The fraction of sp³-hybridized carbons (Fsp3) is 0.321. The highest BCUT2D eigenvalue weighted by Crippen LogP contribution is 2.37. The first kappa shape index (κ1) is 25.3. The van der Waals surface area contributed by atoms with Crippen molar-refractivity contribution in [3.05, 3.63) is 65.5 Å². The summed E-state index contributed by atoms with van der Waals surface area (Å²) in [5.41, 5.74) is 4.65. The van der Waals surface area contributed by atoms with E-state index < -0.39 is 0 Å². The number of likely N-dealkylation sites (N-methyl/N-ethyl adjacent to an activating group) is 1. The highest BCUT2D eigenvalue weighted by molar-refractivity contribution is 5.94. The van der Waals surface area contributed by atoms with Crippen molar-refractivity contribution in [2.75, 3.05) is 33.4 Å². The molecule has 4 aromatic rings. The molecule has 0 atom stereocenters. The van der Waals surface area contributed by atoms with E-state index in [1.165, 1.54) is 4.90 Å². The second kappa shape index (κ2) is 11.0. The number of amides is 1. The third-order valence-corrected chi connectivity index (χ3v) is 6.49. The molecule has 0 spiro atoms. The molecule has 1 saturated heterocycles. The van der Waals surface area contributed by atoms with Crippen molar-refractivity contribution in [2.24, 2.45) is 0 Å². The topological polar surface area (TPSA) is 115 Å². The standard InChI is InChI=1S/C28H27N5O5/c1-17-12-24(28(35)33(3)8-9-34)31-15-20(17)25-14-23-27(38-25)19(4-7-30-23)21-13-22(29-2)26(16-32-21)37-18-5-10-36-11-6-18/h4,7,12-16,18,34H,5-6,8-11H2,1,3H3. The number of aromatic nitrogens is 3. The Balaban J connectivity index is 1.46. The lowest BCUT2D eigenvalue weighted by Crippen LogP contribution is -2.30. The van der Waals surface area contributed by atoms with Gasteiger partial charge in [0, 0.05) is 56.0 Å². The molecule has 1 fully saturated rings. The molecule has 1 amide bonds. The number of pyridine rings is 3. The molecule has 5 heterocycles. The van der Waals surface area contributed by atoms with Gasteiger partial charge < -0.3 is 23.9 Å². The summed E-state index contributed by atoms with van der Waals surface area (Å²) in [5, 5.41) is 9.10. The predicted molar refractivity (Wildman–Crippen MR) is 140 cm³/mol. The number of furan rings is 1. The van der Waals surface area contributed by atoms with E-state index in [1.807, 2.05) is 13.0 Å². The molecule has 10 heteroatoms. The van der Waals surface area contributed by atoms with Crippen LogP contribution in [0.4, 0.5) is 5.69 Å². The van der Waals surface area contributed by atoms with Crippen molar-refractivity contribution in [3.8, 4) is 28.3 Å². The van der Waals surface area contributed by atoms with E-state index in [0.29, 0.717) is 52.8 Å². The molecular formula is C28H27N5O5. The van der Waals surface area contributed by atoms with Gasteiger partial charge in [-0.05, 0) is 30.7 Å². The van der Waals surface area contributed by atoms with E-state index in [2.05, 4.69) is 19.8 Å². The van der Waals surface area contributed by atoms with E-state index in [0.717, 1.165) is 24.0 Å². The zero-order valence-electron chi connectivity index (χ0n) is 21.2. The van der Waals surface area contributed by atoms with Crippen molar-refractivity contribution >= 4 is 22.7 Å². The van der Waals surface area contributed by atoms with E-state index in [4.69, 9.17) is 25.6 Å². The van der Waals surface area contributed by atoms with Crippen LogP contribution < -0.4 is 4.74 Å². The van der Waals surface area contributed by atoms with Gasteiger partial charge in [0.1, 0.15) is 28.8 Å². The maximum atomic E-state index is 12.5. The zero-order chi connectivity index (χ0) is 26.6. The molecule has 1 aliphatic rings. The number of hydrogen-bond donors (Lipinski definition) is 1. The van der Waals surface area contributed by atoms with Gasteiger partial charge in [-0.25, -0.2) is 4.85 Å². The predicted octanol–water partition coefficient (Wildman–Crippen LogP) is 4.43. The van der Waals surface area contributed by atoms with Gasteiger partial charge in [-0.15, -0.1) is 0 Å². The first-order chi connectivity index (χ1) is 18.5. The molecule has 0 unspecified atom stereocenters. The number of fused-ring (bicyclic) bond motifs is 1. The summed E-state index contributed by atoms with van der Waals surface area (Å²) in [5.74, 6) is 0.743. The van der Waals surface area contributed by atoms with Crippen LogP contribution in [0.2, 0.25) is 0 Å². The number of aryl methyl sites for hydroxylation is 1. The second-order valence-electron chi connectivity index (χ2n) is 9.10. The molecular weight excluding hydrogens is 486 g/mol. The molecule has 0 aliphatic carbocycles. The van der Waals surface area contributed by atoms with Crippen LogP contribution in [0.3, 0.4) is 0 Å². The van der Waals surface area contributed by atoms with E-state index >= 15 is 0 Å². The third kappa shape index (κ3) is 5.07. The van der Waals surface area contributed by atoms with Gasteiger partial charge in [-0.3, -0.25) is 19.7 Å². The number of rotatable bonds is 7. The minimum atomic E-state index is -0.270. The molecule has 5 rings (SSSR count). The summed E-state index contributed by atoms with van der Waals surface area (Å²) in [4.78, 5) is 31.0.